The molecule has 0 saturated carbocycles. The van der Waals surface area contributed by atoms with Crippen molar-refractivity contribution in [3.63, 3.8) is 0 Å². The maximum Gasteiger partial charge on any atom is 0.136 e. The van der Waals surface area contributed by atoms with Crippen LogP contribution in [-0.4, -0.2) is 9.55 Å². The molecule has 9 rings (SSSR count). The van der Waals surface area contributed by atoms with Crippen molar-refractivity contribution in [1.29, 1.82) is 0 Å². The van der Waals surface area contributed by atoms with Gasteiger partial charge in [0.2, 0.25) is 0 Å². The Labute approximate surface area is 343 Å². The number of para-hydroxylation sites is 2. The number of benzene rings is 6. The van der Waals surface area contributed by atoms with E-state index in [2.05, 4.69) is 176 Å². The van der Waals surface area contributed by atoms with Crippen LogP contribution in [0.4, 0.5) is 11.4 Å². The third-order valence-electron chi connectivity index (χ3n) is 10.3. The Morgan fingerprint density at radius 3 is 2.11 bits per heavy atom. The number of hydrogen-bond acceptors (Lipinski definition) is 4. The summed E-state index contributed by atoms with van der Waals surface area (Å²) in [5.41, 5.74) is 11.4. The average molecular weight is 909 g/mol. The number of hydrogen-bond donors (Lipinski definition) is 0. The Morgan fingerprint density at radius 2 is 1.30 bits per heavy atom. The van der Waals surface area contributed by atoms with E-state index in [1.165, 1.54) is 22.3 Å². The van der Waals surface area contributed by atoms with E-state index in [-0.39, 0.29) is 21.1 Å². The zero-order valence-electron chi connectivity index (χ0n) is 31.8. The van der Waals surface area contributed by atoms with Gasteiger partial charge in [-0.3, -0.25) is 0 Å². The second kappa shape index (κ2) is 15.7. The minimum absolute atomic E-state index is 0. The van der Waals surface area contributed by atoms with Crippen molar-refractivity contribution in [2.45, 2.75) is 39.5 Å². The Balaban J connectivity index is 0.00000441. The summed E-state index contributed by atoms with van der Waals surface area (Å²) in [7, 11) is 0. The second-order valence-electron chi connectivity index (χ2n) is 14.6. The molecule has 6 aromatic carbocycles. The fourth-order valence-corrected chi connectivity index (χ4v) is 7.72. The molecule has 0 unspecified atom stereocenters. The predicted octanol–water partition coefficient (Wildman–Crippen LogP) is 13.1. The molecular formula is C50H41N4OPt-3. The van der Waals surface area contributed by atoms with Crippen molar-refractivity contribution >= 4 is 33.2 Å². The zero-order chi connectivity index (χ0) is 37.5. The van der Waals surface area contributed by atoms with E-state index in [4.69, 9.17) is 9.72 Å². The summed E-state index contributed by atoms with van der Waals surface area (Å²) >= 11 is 0. The Bertz CT molecular complexity index is 2670. The topological polar surface area (TPSA) is 33.5 Å². The van der Waals surface area contributed by atoms with Gasteiger partial charge in [-0.1, -0.05) is 118 Å². The van der Waals surface area contributed by atoms with Crippen molar-refractivity contribution in [2.75, 3.05) is 9.80 Å². The molecule has 0 atom stereocenters. The van der Waals surface area contributed by atoms with E-state index in [1.807, 2.05) is 42.7 Å². The molecule has 1 aliphatic rings. The normalized spacial score (nSPS) is 12.6. The summed E-state index contributed by atoms with van der Waals surface area (Å²) in [6.45, 7) is 11.1. The van der Waals surface area contributed by atoms with Crippen molar-refractivity contribution in [2.24, 2.45) is 0 Å². The second-order valence-corrected chi connectivity index (χ2v) is 14.6. The van der Waals surface area contributed by atoms with Crippen LogP contribution in [0.25, 0.3) is 49.9 Å². The number of aromatic nitrogens is 2. The van der Waals surface area contributed by atoms with Gasteiger partial charge in [-0.15, -0.1) is 48.1 Å². The standard InChI is InChI=1S/C50H41N4O.Pt/c1-34(2)41-20-13-21-42(35(3)4)50(41)37-26-27-51-49(30-37)54-47-23-11-9-19-44(47)45-25-24-40(32-48(45)54)55-39-17-12-16-38(31-39)52-28-29-53(33-52)46-22-10-8-18-43(46)36-14-6-5-7-15-36;/h5-30,33-35H,1-4H3;/q-3;. The van der Waals surface area contributed by atoms with Crippen molar-refractivity contribution in [3.8, 4) is 39.6 Å². The molecule has 280 valence electrons. The fraction of sp³-hybridized carbons (Fsp3) is 0.120. The smallest absolute Gasteiger partial charge is 0.136 e. The average Bonchev–Trinajstić information content (AvgIpc) is 3.84. The molecule has 0 amide bonds. The van der Waals surface area contributed by atoms with Crippen molar-refractivity contribution in [3.05, 3.63) is 188 Å². The number of nitrogens with zero attached hydrogens (tertiary/aromatic N) is 4. The number of pyridine rings is 1. The van der Waals surface area contributed by atoms with E-state index in [9.17, 15) is 0 Å². The monoisotopic (exact) mass is 908 g/mol. The van der Waals surface area contributed by atoms with Crippen LogP contribution in [-0.2, 0) is 21.1 Å². The molecule has 3 heterocycles. The van der Waals surface area contributed by atoms with Crippen LogP contribution in [0, 0.1) is 18.8 Å². The largest absolute Gasteiger partial charge is 0.509 e. The fourth-order valence-electron chi connectivity index (χ4n) is 7.72. The number of anilines is 2. The molecule has 0 spiro atoms. The first-order valence-electron chi connectivity index (χ1n) is 18.9. The van der Waals surface area contributed by atoms with Gasteiger partial charge in [-0.05, 0) is 81.7 Å². The molecule has 0 aliphatic carbocycles. The molecule has 5 nitrogen and oxygen atoms in total. The molecule has 6 heteroatoms. The van der Waals surface area contributed by atoms with Gasteiger partial charge in [-0.2, -0.15) is 12.1 Å². The van der Waals surface area contributed by atoms with Crippen LogP contribution >= 0.6 is 0 Å². The van der Waals surface area contributed by atoms with E-state index in [0.717, 1.165) is 50.1 Å². The van der Waals surface area contributed by atoms with E-state index in [1.54, 1.807) is 0 Å². The van der Waals surface area contributed by atoms with Gasteiger partial charge in [0.05, 0.1) is 0 Å². The first-order valence-corrected chi connectivity index (χ1v) is 18.9. The first-order chi connectivity index (χ1) is 26.9. The third-order valence-corrected chi connectivity index (χ3v) is 10.3. The first kappa shape index (κ1) is 37.0. The maximum atomic E-state index is 6.52. The third kappa shape index (κ3) is 6.93. The van der Waals surface area contributed by atoms with Gasteiger partial charge in [0.1, 0.15) is 5.82 Å². The van der Waals surface area contributed by atoms with Crippen LogP contribution in [0.5, 0.6) is 11.5 Å². The predicted molar refractivity (Wildman–Crippen MR) is 227 cm³/mol. The van der Waals surface area contributed by atoms with Crippen molar-refractivity contribution in [1.82, 2.24) is 9.55 Å². The maximum absolute atomic E-state index is 6.52. The van der Waals surface area contributed by atoms with E-state index in [0.29, 0.717) is 23.3 Å². The Morgan fingerprint density at radius 1 is 0.607 bits per heavy atom. The van der Waals surface area contributed by atoms with Crippen LogP contribution in [0.3, 0.4) is 0 Å². The van der Waals surface area contributed by atoms with Gasteiger partial charge in [0, 0.05) is 55.5 Å². The van der Waals surface area contributed by atoms with Gasteiger partial charge in [0.25, 0.3) is 0 Å². The van der Waals surface area contributed by atoms with Gasteiger partial charge in [-0.25, -0.2) is 4.98 Å². The number of ether oxygens (including phenoxy) is 1. The molecule has 0 radical (unpaired) electrons. The molecular weight excluding hydrogens is 868 g/mol. The summed E-state index contributed by atoms with van der Waals surface area (Å²) in [6, 6.07) is 55.6. The van der Waals surface area contributed by atoms with Gasteiger partial charge >= 0.3 is 0 Å². The molecule has 0 saturated heterocycles. The summed E-state index contributed by atoms with van der Waals surface area (Å²) < 4.78 is 8.72. The van der Waals surface area contributed by atoms with Crippen LogP contribution < -0.4 is 14.5 Å². The molecule has 1 aliphatic heterocycles. The van der Waals surface area contributed by atoms with E-state index >= 15 is 0 Å². The summed E-state index contributed by atoms with van der Waals surface area (Å²) in [5.74, 6) is 2.82. The minimum Gasteiger partial charge on any atom is -0.509 e. The molecule has 0 bridgehead atoms. The van der Waals surface area contributed by atoms with Crippen LogP contribution in [0.1, 0.15) is 50.7 Å². The zero-order valence-corrected chi connectivity index (χ0v) is 34.0. The molecule has 8 aromatic rings. The SMILES string of the molecule is CC(C)c1cccc(C(C)C)c1-c1ccnc(-n2c3[c-]c(Oc4[c-]c(N5C=CN(c6ccccc6-c6ccccc6)[CH-]5)ccc4)ccc3c3ccccc32)c1.[Pt]. The van der Waals surface area contributed by atoms with E-state index < -0.39 is 0 Å². The van der Waals surface area contributed by atoms with Crippen molar-refractivity contribution < 1.29 is 25.8 Å². The summed E-state index contributed by atoms with van der Waals surface area (Å²) in [4.78, 5) is 9.15. The number of fused-ring (bicyclic) bond motifs is 3. The molecule has 0 N–H and O–H groups in total. The molecule has 56 heavy (non-hydrogen) atoms. The number of rotatable bonds is 9. The molecule has 2 aromatic heterocycles. The summed E-state index contributed by atoms with van der Waals surface area (Å²) in [5, 5.41) is 2.23. The minimum atomic E-state index is 0. The molecule has 0 fully saturated rings. The van der Waals surface area contributed by atoms with Gasteiger partial charge in [0.15, 0.2) is 0 Å². The quantitative estimate of drug-likeness (QED) is 0.135. The van der Waals surface area contributed by atoms with Gasteiger partial charge < -0.3 is 19.1 Å². The van der Waals surface area contributed by atoms with Crippen LogP contribution in [0.2, 0.25) is 0 Å². The Kier molecular flexibility index (Phi) is 10.4. The Hall–Kier alpha value is -5.90. The van der Waals surface area contributed by atoms with Crippen LogP contribution in [0.15, 0.2) is 158 Å². The summed E-state index contributed by atoms with van der Waals surface area (Å²) in [6.07, 6.45) is 6.04.